The number of rotatable bonds is 4. The highest BCUT2D eigenvalue weighted by Crippen LogP contribution is 2.32. The minimum Gasteiger partial charge on any atom is -0.335 e. The number of carbonyl (C=O) groups excluding carboxylic acids is 1. The molecule has 6 rings (SSSR count). The molecule has 5 aromatic heterocycles. The van der Waals surface area contributed by atoms with Crippen LogP contribution in [0, 0.1) is 5.82 Å². The second-order valence-electron chi connectivity index (χ2n) is 7.96. The van der Waals surface area contributed by atoms with Crippen molar-refractivity contribution in [2.45, 2.75) is 6.92 Å². The van der Waals surface area contributed by atoms with Crippen LogP contribution in [-0.4, -0.2) is 41.0 Å². The number of amides is 1. The molecule has 0 spiro atoms. The Kier molecular flexibility index (Phi) is 4.77. The van der Waals surface area contributed by atoms with Crippen molar-refractivity contribution < 1.29 is 9.18 Å². The zero-order valence-corrected chi connectivity index (χ0v) is 18.4. The van der Waals surface area contributed by atoms with E-state index in [1.807, 2.05) is 12.1 Å². The van der Waals surface area contributed by atoms with E-state index in [0.29, 0.717) is 45.1 Å². The maximum Gasteiger partial charge on any atom is 0.222 e. The van der Waals surface area contributed by atoms with E-state index in [0.717, 1.165) is 16.5 Å². The first-order valence-electron chi connectivity index (χ1n) is 10.7. The zero-order valence-electron chi connectivity index (χ0n) is 18.4. The molecule has 0 aliphatic carbocycles. The van der Waals surface area contributed by atoms with Crippen LogP contribution in [0.25, 0.3) is 55.8 Å². The van der Waals surface area contributed by atoms with Gasteiger partial charge in [0.2, 0.25) is 5.91 Å². The first-order valence-corrected chi connectivity index (χ1v) is 10.7. The molecule has 0 saturated heterocycles. The van der Waals surface area contributed by atoms with Crippen LogP contribution in [0.3, 0.4) is 0 Å². The molecule has 0 aliphatic heterocycles. The summed E-state index contributed by atoms with van der Waals surface area (Å²) in [7, 11) is 0. The van der Waals surface area contributed by atoms with Crippen molar-refractivity contribution in [2.75, 3.05) is 5.32 Å². The van der Waals surface area contributed by atoms with Crippen LogP contribution < -0.4 is 5.32 Å². The smallest absolute Gasteiger partial charge is 0.222 e. The predicted molar refractivity (Wildman–Crippen MR) is 130 cm³/mol. The second kappa shape index (κ2) is 8.10. The molecule has 0 unspecified atom stereocenters. The number of hydrogen-bond acceptors (Lipinski definition) is 6. The van der Waals surface area contributed by atoms with Gasteiger partial charge >= 0.3 is 0 Å². The van der Waals surface area contributed by atoms with Crippen LogP contribution in [0.5, 0.6) is 0 Å². The summed E-state index contributed by atoms with van der Waals surface area (Å²) in [5, 5.41) is 10.7. The molecule has 0 aliphatic rings. The van der Waals surface area contributed by atoms with Gasteiger partial charge in [0.05, 0.1) is 17.1 Å². The first kappa shape index (κ1) is 20.6. The summed E-state index contributed by atoms with van der Waals surface area (Å²) >= 11 is 0. The van der Waals surface area contributed by atoms with Crippen molar-refractivity contribution >= 4 is 33.8 Å². The number of aromatic amines is 2. The molecule has 1 aromatic carbocycles. The lowest BCUT2D eigenvalue weighted by molar-refractivity contribution is -0.114. The van der Waals surface area contributed by atoms with E-state index in [1.54, 1.807) is 49.1 Å². The SMILES string of the molecule is CC(=O)Nc1ccc(-c2cnc3n[nH]c(-c4nc5c(-c6ccccc6F)cncc5[nH]4)c3c2)cn1. The van der Waals surface area contributed by atoms with Gasteiger partial charge in [-0.05, 0) is 24.3 Å². The van der Waals surface area contributed by atoms with Crippen molar-refractivity contribution in [3.8, 4) is 33.8 Å². The van der Waals surface area contributed by atoms with E-state index >= 15 is 0 Å². The fourth-order valence-corrected chi connectivity index (χ4v) is 3.99. The minimum atomic E-state index is -0.342. The summed E-state index contributed by atoms with van der Waals surface area (Å²) in [6.07, 6.45) is 6.64. The Morgan fingerprint density at radius 1 is 0.971 bits per heavy atom. The van der Waals surface area contributed by atoms with Gasteiger partial charge in [-0.3, -0.25) is 14.9 Å². The highest BCUT2D eigenvalue weighted by Gasteiger charge is 2.17. The van der Waals surface area contributed by atoms with Crippen LogP contribution in [0.1, 0.15) is 6.92 Å². The van der Waals surface area contributed by atoms with Crippen LogP contribution in [-0.2, 0) is 4.79 Å². The van der Waals surface area contributed by atoms with Gasteiger partial charge in [-0.25, -0.2) is 19.3 Å². The molecule has 35 heavy (non-hydrogen) atoms. The predicted octanol–water partition coefficient (Wildman–Crippen LogP) is 4.72. The number of nitrogens with zero attached hydrogens (tertiary/aromatic N) is 5. The van der Waals surface area contributed by atoms with E-state index in [-0.39, 0.29) is 11.7 Å². The van der Waals surface area contributed by atoms with Gasteiger partial charge < -0.3 is 10.3 Å². The Balaban J connectivity index is 1.43. The number of pyridine rings is 3. The fraction of sp³-hybridized carbons (Fsp3) is 0.0400. The highest BCUT2D eigenvalue weighted by molar-refractivity contribution is 5.97. The van der Waals surface area contributed by atoms with E-state index < -0.39 is 0 Å². The van der Waals surface area contributed by atoms with E-state index in [2.05, 4.69) is 35.5 Å². The van der Waals surface area contributed by atoms with Crippen molar-refractivity contribution in [3.63, 3.8) is 0 Å². The van der Waals surface area contributed by atoms with E-state index in [1.165, 1.54) is 13.0 Å². The van der Waals surface area contributed by atoms with Gasteiger partial charge in [-0.15, -0.1) is 0 Å². The topological polar surface area (TPSA) is 125 Å². The second-order valence-corrected chi connectivity index (χ2v) is 7.96. The fourth-order valence-electron chi connectivity index (χ4n) is 3.99. The number of imidazole rings is 1. The molecule has 10 heteroatoms. The first-order chi connectivity index (χ1) is 17.1. The number of aromatic nitrogens is 7. The van der Waals surface area contributed by atoms with Crippen molar-refractivity contribution in [1.82, 2.24) is 35.1 Å². The van der Waals surface area contributed by atoms with Gasteiger partial charge in [0.15, 0.2) is 11.5 Å². The molecule has 0 radical (unpaired) electrons. The van der Waals surface area contributed by atoms with Crippen molar-refractivity contribution in [2.24, 2.45) is 0 Å². The van der Waals surface area contributed by atoms with Gasteiger partial charge in [0, 0.05) is 47.8 Å². The highest BCUT2D eigenvalue weighted by atomic mass is 19.1. The number of H-pyrrole nitrogens is 2. The quantitative estimate of drug-likeness (QED) is 0.347. The molecule has 5 heterocycles. The van der Waals surface area contributed by atoms with E-state index in [4.69, 9.17) is 4.98 Å². The zero-order chi connectivity index (χ0) is 23.9. The number of nitrogens with one attached hydrogen (secondary N) is 3. The average molecular weight is 464 g/mol. The maximum atomic E-state index is 14.5. The third kappa shape index (κ3) is 3.66. The molecule has 3 N–H and O–H groups in total. The Morgan fingerprint density at radius 2 is 1.83 bits per heavy atom. The molecule has 0 atom stereocenters. The Bertz CT molecular complexity index is 1720. The van der Waals surface area contributed by atoms with Gasteiger partial charge in [0.25, 0.3) is 0 Å². The standard InChI is InChI=1S/C25H17FN8O/c1-13(35)30-21-7-6-14(9-28-21)15-8-17-23(33-34-24(17)29-10-15)25-31-20-12-27-11-18(22(20)32-25)16-4-2-3-5-19(16)26/h2-12H,1H3,(H,31,32)(H,28,30,35)(H,29,33,34). The Morgan fingerprint density at radius 3 is 2.63 bits per heavy atom. The lowest BCUT2D eigenvalue weighted by atomic mass is 10.1. The molecule has 0 saturated carbocycles. The van der Waals surface area contributed by atoms with Gasteiger partial charge in [-0.1, -0.05) is 18.2 Å². The lowest BCUT2D eigenvalue weighted by Gasteiger charge is -2.04. The number of anilines is 1. The van der Waals surface area contributed by atoms with Crippen molar-refractivity contribution in [1.29, 1.82) is 0 Å². The number of halogens is 1. The van der Waals surface area contributed by atoms with Crippen LogP contribution in [0.15, 0.2) is 67.3 Å². The summed E-state index contributed by atoms with van der Waals surface area (Å²) in [5.41, 5.74) is 5.12. The average Bonchev–Trinajstić information content (AvgIpc) is 3.48. The number of hydrogen-bond donors (Lipinski definition) is 3. The van der Waals surface area contributed by atoms with Crippen LogP contribution in [0.2, 0.25) is 0 Å². The summed E-state index contributed by atoms with van der Waals surface area (Å²) in [6.45, 7) is 1.43. The molecule has 0 bridgehead atoms. The maximum absolute atomic E-state index is 14.5. The third-order valence-corrected chi connectivity index (χ3v) is 5.61. The van der Waals surface area contributed by atoms with Gasteiger partial charge in [-0.2, -0.15) is 5.10 Å². The minimum absolute atomic E-state index is 0.185. The summed E-state index contributed by atoms with van der Waals surface area (Å²) < 4.78 is 14.5. The molecule has 170 valence electrons. The van der Waals surface area contributed by atoms with E-state index in [9.17, 15) is 9.18 Å². The molecular formula is C25H17FN8O. The summed E-state index contributed by atoms with van der Waals surface area (Å²) in [5.74, 6) is 0.480. The molecule has 9 nitrogen and oxygen atoms in total. The lowest BCUT2D eigenvalue weighted by Crippen LogP contribution is -2.06. The van der Waals surface area contributed by atoms with Crippen LogP contribution >= 0.6 is 0 Å². The van der Waals surface area contributed by atoms with Crippen molar-refractivity contribution in [3.05, 3.63) is 73.1 Å². The summed E-state index contributed by atoms with van der Waals surface area (Å²) in [4.78, 5) is 32.2. The third-order valence-electron chi connectivity index (χ3n) is 5.61. The molecule has 6 aromatic rings. The van der Waals surface area contributed by atoms with Crippen LogP contribution in [0.4, 0.5) is 10.2 Å². The number of fused-ring (bicyclic) bond motifs is 2. The Hall–Kier alpha value is -4.99. The molecule has 0 fully saturated rings. The number of carbonyl (C=O) groups is 1. The van der Waals surface area contributed by atoms with Gasteiger partial charge in [0.1, 0.15) is 22.8 Å². The number of benzene rings is 1. The largest absolute Gasteiger partial charge is 0.335 e. The Labute approximate surface area is 197 Å². The normalized spacial score (nSPS) is 11.3. The monoisotopic (exact) mass is 464 g/mol. The molecular weight excluding hydrogens is 447 g/mol. The summed E-state index contributed by atoms with van der Waals surface area (Å²) in [6, 6.07) is 12.1. The molecule has 1 amide bonds.